The number of para-hydroxylation sites is 1. The minimum atomic E-state index is -0.275. The lowest BCUT2D eigenvalue weighted by Crippen LogP contribution is -2.50. The molecule has 0 bridgehead atoms. The second-order valence-corrected chi connectivity index (χ2v) is 7.67. The summed E-state index contributed by atoms with van der Waals surface area (Å²) < 4.78 is 5.78. The Hall–Kier alpha value is -2.53. The van der Waals surface area contributed by atoms with Crippen LogP contribution in [0.15, 0.2) is 54.6 Å². The number of anilines is 1. The molecule has 142 valence electrons. The van der Waals surface area contributed by atoms with Crippen LogP contribution in [0.5, 0.6) is 11.5 Å². The molecule has 2 N–H and O–H groups in total. The summed E-state index contributed by atoms with van der Waals surface area (Å²) in [6, 6.07) is 16.9. The predicted molar refractivity (Wildman–Crippen MR) is 105 cm³/mol. The Balaban J connectivity index is 1.36. The molecule has 2 atom stereocenters. The third kappa shape index (κ3) is 3.93. The Morgan fingerprint density at radius 1 is 1.04 bits per heavy atom. The molecule has 1 aliphatic carbocycles. The van der Waals surface area contributed by atoms with Gasteiger partial charge in [-0.25, -0.2) is 4.79 Å². The van der Waals surface area contributed by atoms with Crippen molar-refractivity contribution in [3.05, 3.63) is 54.6 Å². The van der Waals surface area contributed by atoms with Crippen LogP contribution in [0, 0.1) is 5.41 Å². The van der Waals surface area contributed by atoms with E-state index in [1.54, 1.807) is 0 Å². The summed E-state index contributed by atoms with van der Waals surface area (Å²) in [6.07, 6.45) is 4.63. The Morgan fingerprint density at radius 2 is 1.74 bits per heavy atom. The first-order valence-electron chi connectivity index (χ1n) is 9.72. The molecule has 2 aliphatic rings. The fourth-order valence-electron chi connectivity index (χ4n) is 4.36. The molecular formula is C22H26N2O3. The van der Waals surface area contributed by atoms with Crippen LogP contribution < -0.4 is 10.1 Å². The molecule has 1 saturated heterocycles. The lowest BCUT2D eigenvalue weighted by Gasteiger charge is -2.42. The van der Waals surface area contributed by atoms with Gasteiger partial charge >= 0.3 is 6.03 Å². The third-order valence-corrected chi connectivity index (χ3v) is 5.84. The van der Waals surface area contributed by atoms with Crippen molar-refractivity contribution in [3.8, 4) is 11.5 Å². The molecule has 2 aromatic rings. The van der Waals surface area contributed by atoms with Crippen molar-refractivity contribution >= 4 is 11.7 Å². The summed E-state index contributed by atoms with van der Waals surface area (Å²) in [5.74, 6) is 1.51. The number of hydrogen-bond acceptors (Lipinski definition) is 3. The topological polar surface area (TPSA) is 61.8 Å². The standard InChI is InChI=1S/C22H26N2O3/c25-20-8-4-13-22(20)14-5-15-24(16-22)21(26)23-17-9-11-19(12-10-17)27-18-6-2-1-3-7-18/h1-3,6-7,9-12,20,25H,4-5,8,13-16H2,(H,23,26)/t20-,22-/m1/s1. The van der Waals surface area contributed by atoms with Crippen molar-refractivity contribution in [2.75, 3.05) is 18.4 Å². The lowest BCUT2D eigenvalue weighted by atomic mass is 9.77. The maximum Gasteiger partial charge on any atom is 0.321 e. The SMILES string of the molecule is O=C(Nc1ccc(Oc2ccccc2)cc1)N1CCC[C@]2(CCC[C@H]2O)C1. The van der Waals surface area contributed by atoms with Gasteiger partial charge in [-0.05, 0) is 62.1 Å². The quantitative estimate of drug-likeness (QED) is 0.832. The van der Waals surface area contributed by atoms with E-state index in [1.807, 2.05) is 59.5 Å². The minimum Gasteiger partial charge on any atom is -0.457 e. The van der Waals surface area contributed by atoms with Crippen LogP contribution in [0.4, 0.5) is 10.5 Å². The van der Waals surface area contributed by atoms with Gasteiger partial charge in [-0.1, -0.05) is 24.6 Å². The number of rotatable bonds is 3. The first-order chi connectivity index (χ1) is 13.1. The van der Waals surface area contributed by atoms with E-state index in [1.165, 1.54) is 0 Å². The molecule has 1 aliphatic heterocycles. The number of nitrogens with zero attached hydrogens (tertiary/aromatic N) is 1. The second kappa shape index (κ2) is 7.61. The Kier molecular flexibility index (Phi) is 5.03. The van der Waals surface area contributed by atoms with Crippen molar-refractivity contribution in [1.82, 2.24) is 4.90 Å². The zero-order valence-corrected chi connectivity index (χ0v) is 15.4. The monoisotopic (exact) mass is 366 g/mol. The van der Waals surface area contributed by atoms with Crippen LogP contribution in [-0.2, 0) is 0 Å². The molecule has 4 rings (SSSR count). The van der Waals surface area contributed by atoms with Gasteiger partial charge in [0, 0.05) is 24.2 Å². The number of urea groups is 1. The third-order valence-electron chi connectivity index (χ3n) is 5.84. The first kappa shape index (κ1) is 17.9. The van der Waals surface area contributed by atoms with E-state index in [9.17, 15) is 9.90 Å². The smallest absolute Gasteiger partial charge is 0.321 e. The van der Waals surface area contributed by atoms with Crippen molar-refractivity contribution in [2.45, 2.75) is 38.2 Å². The van der Waals surface area contributed by atoms with Gasteiger partial charge in [0.15, 0.2) is 0 Å². The number of likely N-dealkylation sites (tertiary alicyclic amines) is 1. The average molecular weight is 366 g/mol. The van der Waals surface area contributed by atoms with E-state index in [0.29, 0.717) is 6.54 Å². The fraction of sp³-hybridized carbons (Fsp3) is 0.409. The number of ether oxygens (including phenoxy) is 1. The van der Waals surface area contributed by atoms with Gasteiger partial charge in [0.2, 0.25) is 0 Å². The normalized spacial score (nSPS) is 24.8. The molecule has 1 saturated carbocycles. The molecule has 1 spiro atoms. The van der Waals surface area contributed by atoms with E-state index < -0.39 is 0 Å². The number of carbonyl (C=O) groups excluding carboxylic acids is 1. The van der Waals surface area contributed by atoms with Crippen molar-refractivity contribution in [2.24, 2.45) is 5.41 Å². The Bertz CT molecular complexity index is 778. The molecule has 2 fully saturated rings. The van der Waals surface area contributed by atoms with Crippen LogP contribution in [0.1, 0.15) is 32.1 Å². The molecule has 0 unspecified atom stereocenters. The van der Waals surface area contributed by atoms with Gasteiger partial charge in [0.25, 0.3) is 0 Å². The molecule has 0 aromatic heterocycles. The summed E-state index contributed by atoms with van der Waals surface area (Å²) in [7, 11) is 0. The van der Waals surface area contributed by atoms with E-state index in [-0.39, 0.29) is 17.6 Å². The summed E-state index contributed by atoms with van der Waals surface area (Å²) >= 11 is 0. The molecule has 2 aromatic carbocycles. The van der Waals surface area contributed by atoms with Crippen LogP contribution >= 0.6 is 0 Å². The number of nitrogens with one attached hydrogen (secondary N) is 1. The number of piperidine rings is 1. The maximum absolute atomic E-state index is 12.7. The van der Waals surface area contributed by atoms with Gasteiger partial charge in [-0.15, -0.1) is 0 Å². The van der Waals surface area contributed by atoms with Gasteiger partial charge in [0.05, 0.1) is 6.10 Å². The average Bonchev–Trinajstić information content (AvgIpc) is 3.03. The molecular weight excluding hydrogens is 340 g/mol. The van der Waals surface area contributed by atoms with Gasteiger partial charge in [0.1, 0.15) is 11.5 Å². The Labute approximate surface area is 160 Å². The highest BCUT2D eigenvalue weighted by atomic mass is 16.5. The summed E-state index contributed by atoms with van der Waals surface area (Å²) in [4.78, 5) is 14.5. The molecule has 0 radical (unpaired) electrons. The van der Waals surface area contributed by atoms with Crippen molar-refractivity contribution in [3.63, 3.8) is 0 Å². The molecule has 27 heavy (non-hydrogen) atoms. The maximum atomic E-state index is 12.7. The molecule has 1 heterocycles. The second-order valence-electron chi connectivity index (χ2n) is 7.67. The largest absolute Gasteiger partial charge is 0.457 e. The molecule has 5 nitrogen and oxygen atoms in total. The number of aliphatic hydroxyl groups is 1. The minimum absolute atomic E-state index is 0.0927. The molecule has 5 heteroatoms. The number of amides is 2. The zero-order valence-electron chi connectivity index (χ0n) is 15.4. The van der Waals surface area contributed by atoms with E-state index in [2.05, 4.69) is 5.32 Å². The summed E-state index contributed by atoms with van der Waals surface area (Å²) in [6.45, 7) is 1.39. The van der Waals surface area contributed by atoms with Gasteiger partial charge in [-0.2, -0.15) is 0 Å². The Morgan fingerprint density at radius 3 is 2.44 bits per heavy atom. The van der Waals surface area contributed by atoms with Crippen molar-refractivity contribution in [1.29, 1.82) is 0 Å². The van der Waals surface area contributed by atoms with Gasteiger partial charge in [-0.3, -0.25) is 0 Å². The number of benzene rings is 2. The number of hydrogen-bond donors (Lipinski definition) is 2. The summed E-state index contributed by atoms with van der Waals surface area (Å²) in [5, 5.41) is 13.3. The molecule has 2 amide bonds. The first-order valence-corrected chi connectivity index (χ1v) is 9.72. The fourth-order valence-corrected chi connectivity index (χ4v) is 4.36. The van der Waals surface area contributed by atoms with E-state index in [0.717, 1.165) is 55.8 Å². The van der Waals surface area contributed by atoms with Crippen LogP contribution in [0.25, 0.3) is 0 Å². The zero-order chi connectivity index (χ0) is 18.7. The highest BCUT2D eigenvalue weighted by molar-refractivity contribution is 5.89. The highest BCUT2D eigenvalue weighted by Gasteiger charge is 2.45. The number of aliphatic hydroxyl groups excluding tert-OH is 1. The van der Waals surface area contributed by atoms with Crippen LogP contribution in [-0.4, -0.2) is 35.2 Å². The van der Waals surface area contributed by atoms with Crippen LogP contribution in [0.3, 0.4) is 0 Å². The number of carbonyl (C=O) groups is 1. The lowest BCUT2D eigenvalue weighted by molar-refractivity contribution is 0.00400. The van der Waals surface area contributed by atoms with Crippen LogP contribution in [0.2, 0.25) is 0 Å². The summed E-state index contributed by atoms with van der Waals surface area (Å²) in [5.41, 5.74) is 0.648. The predicted octanol–water partition coefficient (Wildman–Crippen LogP) is 4.64. The van der Waals surface area contributed by atoms with E-state index >= 15 is 0 Å². The van der Waals surface area contributed by atoms with Gasteiger partial charge < -0.3 is 20.1 Å². The highest BCUT2D eigenvalue weighted by Crippen LogP contribution is 2.45. The van der Waals surface area contributed by atoms with E-state index in [4.69, 9.17) is 4.74 Å². The van der Waals surface area contributed by atoms with Crippen molar-refractivity contribution < 1.29 is 14.6 Å².